The fourth-order valence-corrected chi connectivity index (χ4v) is 2.11. The van der Waals surface area contributed by atoms with Crippen LogP contribution in [0, 0.1) is 0 Å². The first-order valence-corrected chi connectivity index (χ1v) is 6.26. The Kier molecular flexibility index (Phi) is 4.18. The minimum atomic E-state index is 0.312. The lowest BCUT2D eigenvalue weighted by molar-refractivity contribution is 0.474. The number of aromatic hydroxyl groups is 1. The SMILES string of the molecule is Oc1cccc(CNCc2cccc(Br)c2)c1. The van der Waals surface area contributed by atoms with Gasteiger partial charge in [0.25, 0.3) is 0 Å². The summed E-state index contributed by atoms with van der Waals surface area (Å²) >= 11 is 3.45. The molecule has 2 rings (SSSR count). The monoisotopic (exact) mass is 291 g/mol. The summed E-state index contributed by atoms with van der Waals surface area (Å²) < 4.78 is 1.09. The number of hydrogen-bond donors (Lipinski definition) is 2. The third-order valence-corrected chi connectivity index (χ3v) is 2.95. The lowest BCUT2D eigenvalue weighted by Gasteiger charge is -2.06. The minimum Gasteiger partial charge on any atom is -0.508 e. The topological polar surface area (TPSA) is 32.3 Å². The number of rotatable bonds is 4. The van der Waals surface area contributed by atoms with E-state index in [0.29, 0.717) is 5.75 Å². The quantitative estimate of drug-likeness (QED) is 0.904. The maximum absolute atomic E-state index is 9.33. The third-order valence-electron chi connectivity index (χ3n) is 2.46. The number of phenols is 1. The first-order valence-electron chi connectivity index (χ1n) is 5.47. The van der Waals surface area contributed by atoms with E-state index in [1.807, 2.05) is 24.3 Å². The minimum absolute atomic E-state index is 0.312. The van der Waals surface area contributed by atoms with Crippen molar-refractivity contribution < 1.29 is 5.11 Å². The molecule has 2 aromatic rings. The van der Waals surface area contributed by atoms with Gasteiger partial charge in [0.15, 0.2) is 0 Å². The number of nitrogens with one attached hydrogen (secondary N) is 1. The molecule has 0 radical (unpaired) electrons. The molecular formula is C14H14BrNO. The van der Waals surface area contributed by atoms with Crippen molar-refractivity contribution in [2.75, 3.05) is 0 Å². The summed E-state index contributed by atoms with van der Waals surface area (Å²) in [5.41, 5.74) is 2.32. The van der Waals surface area contributed by atoms with E-state index in [-0.39, 0.29) is 0 Å². The summed E-state index contributed by atoms with van der Waals surface area (Å²) in [6, 6.07) is 15.5. The van der Waals surface area contributed by atoms with E-state index in [1.54, 1.807) is 12.1 Å². The standard InChI is InChI=1S/C14H14BrNO/c15-13-5-1-3-11(7-13)9-16-10-12-4-2-6-14(17)8-12/h1-8,16-17H,9-10H2. The molecule has 0 fully saturated rings. The van der Waals surface area contributed by atoms with Crippen molar-refractivity contribution in [3.05, 3.63) is 64.1 Å². The summed E-state index contributed by atoms with van der Waals surface area (Å²) in [6.45, 7) is 1.57. The van der Waals surface area contributed by atoms with Crippen molar-refractivity contribution in [2.24, 2.45) is 0 Å². The largest absolute Gasteiger partial charge is 0.508 e. The van der Waals surface area contributed by atoms with Crippen LogP contribution in [-0.2, 0) is 13.1 Å². The zero-order chi connectivity index (χ0) is 12.1. The van der Waals surface area contributed by atoms with Crippen molar-refractivity contribution in [3.8, 4) is 5.75 Å². The molecule has 2 aromatic carbocycles. The molecule has 0 spiro atoms. The Bertz CT molecular complexity index is 454. The van der Waals surface area contributed by atoms with Crippen LogP contribution in [-0.4, -0.2) is 5.11 Å². The Labute approximate surface area is 109 Å². The van der Waals surface area contributed by atoms with Crippen molar-refractivity contribution in [3.63, 3.8) is 0 Å². The van der Waals surface area contributed by atoms with Crippen molar-refractivity contribution in [1.82, 2.24) is 5.32 Å². The van der Waals surface area contributed by atoms with Gasteiger partial charge in [0.2, 0.25) is 0 Å². The second-order valence-electron chi connectivity index (χ2n) is 3.90. The van der Waals surface area contributed by atoms with Crippen LogP contribution in [0.5, 0.6) is 5.75 Å². The van der Waals surface area contributed by atoms with Gasteiger partial charge in [0, 0.05) is 17.6 Å². The zero-order valence-electron chi connectivity index (χ0n) is 9.36. The number of benzene rings is 2. The second kappa shape index (κ2) is 5.84. The molecule has 2 N–H and O–H groups in total. The predicted molar refractivity (Wildman–Crippen MR) is 72.8 cm³/mol. The predicted octanol–water partition coefficient (Wildman–Crippen LogP) is 3.44. The van der Waals surface area contributed by atoms with Gasteiger partial charge < -0.3 is 10.4 Å². The van der Waals surface area contributed by atoms with E-state index < -0.39 is 0 Å². The summed E-state index contributed by atoms with van der Waals surface area (Å²) in [6.07, 6.45) is 0. The maximum Gasteiger partial charge on any atom is 0.115 e. The molecule has 0 aromatic heterocycles. The Morgan fingerprint density at radius 2 is 1.59 bits per heavy atom. The highest BCUT2D eigenvalue weighted by Gasteiger charge is 1.96. The number of phenolic OH excluding ortho intramolecular Hbond substituents is 1. The van der Waals surface area contributed by atoms with Crippen LogP contribution in [0.2, 0.25) is 0 Å². The Morgan fingerprint density at radius 1 is 0.941 bits per heavy atom. The highest BCUT2D eigenvalue weighted by atomic mass is 79.9. The van der Waals surface area contributed by atoms with Gasteiger partial charge in [-0.05, 0) is 35.4 Å². The lowest BCUT2D eigenvalue weighted by atomic mass is 10.2. The van der Waals surface area contributed by atoms with Crippen LogP contribution in [0.4, 0.5) is 0 Å². The molecule has 0 unspecified atom stereocenters. The average molecular weight is 292 g/mol. The molecule has 0 aliphatic heterocycles. The maximum atomic E-state index is 9.33. The first-order chi connectivity index (χ1) is 8.24. The van der Waals surface area contributed by atoms with E-state index in [0.717, 1.165) is 23.1 Å². The normalized spacial score (nSPS) is 10.4. The fraction of sp³-hybridized carbons (Fsp3) is 0.143. The van der Waals surface area contributed by atoms with Crippen LogP contribution in [0.1, 0.15) is 11.1 Å². The molecule has 0 saturated heterocycles. The third kappa shape index (κ3) is 3.88. The van der Waals surface area contributed by atoms with Gasteiger partial charge in [-0.25, -0.2) is 0 Å². The van der Waals surface area contributed by atoms with Gasteiger partial charge in [0.1, 0.15) is 5.75 Å². The Morgan fingerprint density at radius 3 is 2.24 bits per heavy atom. The molecule has 3 heteroatoms. The molecule has 0 aliphatic carbocycles. The number of hydrogen-bond acceptors (Lipinski definition) is 2. The molecule has 0 bridgehead atoms. The van der Waals surface area contributed by atoms with Gasteiger partial charge in [-0.2, -0.15) is 0 Å². The average Bonchev–Trinajstić information content (AvgIpc) is 2.29. The molecule has 0 atom stereocenters. The van der Waals surface area contributed by atoms with E-state index in [9.17, 15) is 5.11 Å². The molecule has 0 saturated carbocycles. The van der Waals surface area contributed by atoms with Crippen LogP contribution in [0.15, 0.2) is 53.0 Å². The van der Waals surface area contributed by atoms with Crippen LogP contribution in [0.3, 0.4) is 0 Å². The first kappa shape index (κ1) is 12.1. The van der Waals surface area contributed by atoms with E-state index in [4.69, 9.17) is 0 Å². The molecule has 88 valence electrons. The van der Waals surface area contributed by atoms with Crippen molar-refractivity contribution >= 4 is 15.9 Å². The Balaban J connectivity index is 1.87. The number of halogens is 1. The molecule has 0 heterocycles. The highest BCUT2D eigenvalue weighted by Crippen LogP contribution is 2.12. The van der Waals surface area contributed by atoms with Gasteiger partial charge in [-0.1, -0.05) is 40.2 Å². The van der Waals surface area contributed by atoms with Gasteiger partial charge in [0.05, 0.1) is 0 Å². The highest BCUT2D eigenvalue weighted by molar-refractivity contribution is 9.10. The smallest absolute Gasteiger partial charge is 0.115 e. The molecule has 0 aliphatic rings. The van der Waals surface area contributed by atoms with E-state index >= 15 is 0 Å². The fourth-order valence-electron chi connectivity index (χ4n) is 1.66. The molecule has 2 nitrogen and oxygen atoms in total. The van der Waals surface area contributed by atoms with Crippen molar-refractivity contribution in [2.45, 2.75) is 13.1 Å². The van der Waals surface area contributed by atoms with E-state index in [1.165, 1.54) is 5.56 Å². The summed E-state index contributed by atoms with van der Waals surface area (Å²) in [5.74, 6) is 0.312. The molecular weight excluding hydrogens is 278 g/mol. The van der Waals surface area contributed by atoms with Crippen molar-refractivity contribution in [1.29, 1.82) is 0 Å². The Hall–Kier alpha value is -1.32. The summed E-state index contributed by atoms with van der Waals surface area (Å²) in [4.78, 5) is 0. The zero-order valence-corrected chi connectivity index (χ0v) is 10.9. The van der Waals surface area contributed by atoms with Crippen LogP contribution >= 0.6 is 15.9 Å². The van der Waals surface area contributed by atoms with Crippen LogP contribution < -0.4 is 5.32 Å². The molecule has 17 heavy (non-hydrogen) atoms. The van der Waals surface area contributed by atoms with Gasteiger partial charge in [-0.15, -0.1) is 0 Å². The summed E-state index contributed by atoms with van der Waals surface area (Å²) in [7, 11) is 0. The van der Waals surface area contributed by atoms with Crippen LogP contribution in [0.25, 0.3) is 0 Å². The molecule has 0 amide bonds. The second-order valence-corrected chi connectivity index (χ2v) is 4.82. The summed E-state index contributed by atoms with van der Waals surface area (Å²) in [5, 5.41) is 12.7. The van der Waals surface area contributed by atoms with Gasteiger partial charge >= 0.3 is 0 Å². The lowest BCUT2D eigenvalue weighted by Crippen LogP contribution is -2.12. The van der Waals surface area contributed by atoms with E-state index in [2.05, 4.69) is 33.4 Å². The van der Waals surface area contributed by atoms with Gasteiger partial charge in [-0.3, -0.25) is 0 Å².